The van der Waals surface area contributed by atoms with Gasteiger partial charge in [-0.15, -0.1) is 23.4 Å². The first-order chi connectivity index (χ1) is 13.4. The van der Waals surface area contributed by atoms with Crippen LogP contribution in [0.3, 0.4) is 0 Å². The van der Waals surface area contributed by atoms with Crippen LogP contribution in [0.1, 0.15) is 5.56 Å². The van der Waals surface area contributed by atoms with Crippen LogP contribution in [0.4, 0.5) is 32.3 Å². The summed E-state index contributed by atoms with van der Waals surface area (Å²) in [4.78, 5) is 3.96. The average Bonchev–Trinajstić information content (AvgIpc) is 2.59. The van der Waals surface area contributed by atoms with E-state index in [0.29, 0.717) is 0 Å². The highest BCUT2D eigenvalue weighted by Gasteiger charge is 2.32. The summed E-state index contributed by atoms with van der Waals surface area (Å²) in [5, 5.41) is 7.14. The maximum absolute atomic E-state index is 13.1. The molecule has 0 aliphatic carbocycles. The smallest absolute Gasteiger partial charge is 0.406 e. The highest BCUT2D eigenvalue weighted by Crippen LogP contribution is 2.37. The summed E-state index contributed by atoms with van der Waals surface area (Å²) in [6, 6.07) is 7.26. The maximum atomic E-state index is 13.1. The van der Waals surface area contributed by atoms with Gasteiger partial charge in [-0.1, -0.05) is 11.6 Å². The highest BCUT2D eigenvalue weighted by atomic mass is 35.5. The van der Waals surface area contributed by atoms with Crippen molar-refractivity contribution in [1.82, 2.24) is 15.2 Å². The number of nitrogen functional groups attached to an aromatic ring is 1. The standard InChI is InChI=1S/C17H9ClF6N4O/c18-11-6-9(5-10(7-11)16(19,20)21)14-13(26-15(25)28-27-14)8-1-3-12(4-2-8)29-17(22,23)24/h1-7H,(H2,25,26,28). The molecule has 5 nitrogen and oxygen atoms in total. The molecule has 1 heterocycles. The molecule has 2 aromatic carbocycles. The Bertz CT molecular complexity index is 1040. The molecule has 0 radical (unpaired) electrons. The van der Waals surface area contributed by atoms with Gasteiger partial charge in [-0.05, 0) is 42.5 Å². The van der Waals surface area contributed by atoms with Gasteiger partial charge in [-0.2, -0.15) is 13.2 Å². The van der Waals surface area contributed by atoms with Crippen molar-refractivity contribution in [3.8, 4) is 28.3 Å². The molecule has 0 aliphatic rings. The van der Waals surface area contributed by atoms with E-state index in [4.69, 9.17) is 17.3 Å². The largest absolute Gasteiger partial charge is 0.573 e. The van der Waals surface area contributed by atoms with E-state index in [1.54, 1.807) is 0 Å². The monoisotopic (exact) mass is 434 g/mol. The zero-order valence-corrected chi connectivity index (χ0v) is 14.8. The van der Waals surface area contributed by atoms with Crippen molar-refractivity contribution in [2.45, 2.75) is 12.5 Å². The van der Waals surface area contributed by atoms with Crippen molar-refractivity contribution < 1.29 is 31.1 Å². The Kier molecular flexibility index (Phi) is 5.26. The van der Waals surface area contributed by atoms with Crippen LogP contribution in [-0.2, 0) is 6.18 Å². The molecule has 0 aliphatic heterocycles. The summed E-state index contributed by atoms with van der Waals surface area (Å²) in [7, 11) is 0. The second-order valence-corrected chi connectivity index (χ2v) is 6.10. The van der Waals surface area contributed by atoms with Gasteiger partial charge in [0.1, 0.15) is 17.1 Å². The van der Waals surface area contributed by atoms with Crippen LogP contribution in [0.15, 0.2) is 42.5 Å². The lowest BCUT2D eigenvalue weighted by molar-refractivity contribution is -0.274. The van der Waals surface area contributed by atoms with Crippen LogP contribution in [0.2, 0.25) is 5.02 Å². The summed E-state index contributed by atoms with van der Waals surface area (Å²) in [6.07, 6.45) is -9.53. The van der Waals surface area contributed by atoms with E-state index in [9.17, 15) is 26.3 Å². The predicted octanol–water partition coefficient (Wildman–Crippen LogP) is 5.36. The van der Waals surface area contributed by atoms with Crippen molar-refractivity contribution >= 4 is 17.5 Å². The highest BCUT2D eigenvalue weighted by molar-refractivity contribution is 6.31. The molecule has 0 saturated carbocycles. The molecule has 3 rings (SSSR count). The molecular formula is C17H9ClF6N4O. The van der Waals surface area contributed by atoms with E-state index >= 15 is 0 Å². The van der Waals surface area contributed by atoms with Gasteiger partial charge >= 0.3 is 12.5 Å². The number of anilines is 1. The Balaban J connectivity index is 2.09. The average molecular weight is 435 g/mol. The Morgan fingerprint density at radius 2 is 1.48 bits per heavy atom. The molecular weight excluding hydrogens is 426 g/mol. The minimum absolute atomic E-state index is 0.00597. The molecule has 29 heavy (non-hydrogen) atoms. The van der Waals surface area contributed by atoms with Gasteiger partial charge in [0, 0.05) is 16.1 Å². The van der Waals surface area contributed by atoms with E-state index < -0.39 is 23.9 Å². The molecule has 0 spiro atoms. The molecule has 1 aromatic heterocycles. The van der Waals surface area contributed by atoms with Gasteiger partial charge < -0.3 is 10.5 Å². The number of alkyl halides is 6. The second kappa shape index (κ2) is 7.39. The summed E-state index contributed by atoms with van der Waals surface area (Å²) in [6.45, 7) is 0. The minimum Gasteiger partial charge on any atom is -0.406 e. The molecule has 0 saturated heterocycles. The number of aromatic nitrogens is 3. The molecule has 0 amide bonds. The Labute approximate surface area is 164 Å². The predicted molar refractivity (Wildman–Crippen MR) is 91.8 cm³/mol. The third kappa shape index (κ3) is 5.05. The molecule has 2 N–H and O–H groups in total. The van der Waals surface area contributed by atoms with E-state index in [2.05, 4.69) is 19.9 Å². The van der Waals surface area contributed by atoms with Gasteiger partial charge in [-0.25, -0.2) is 4.98 Å². The van der Waals surface area contributed by atoms with Crippen LogP contribution in [0.25, 0.3) is 22.5 Å². The minimum atomic E-state index is -4.87. The van der Waals surface area contributed by atoms with E-state index in [1.807, 2.05) is 0 Å². The molecule has 12 heteroatoms. The number of benzene rings is 2. The SMILES string of the molecule is Nc1nnc(-c2cc(Cl)cc(C(F)(F)F)c2)c(-c2ccc(OC(F)(F)F)cc2)n1. The fourth-order valence-electron chi connectivity index (χ4n) is 2.44. The number of nitrogens with two attached hydrogens (primary N) is 1. The van der Waals surface area contributed by atoms with Crippen molar-refractivity contribution in [3.63, 3.8) is 0 Å². The topological polar surface area (TPSA) is 73.9 Å². The number of hydrogen-bond acceptors (Lipinski definition) is 5. The lowest BCUT2D eigenvalue weighted by Crippen LogP contribution is -2.16. The first kappa shape index (κ1) is 20.6. The van der Waals surface area contributed by atoms with Crippen LogP contribution in [0.5, 0.6) is 5.75 Å². The zero-order valence-electron chi connectivity index (χ0n) is 14.0. The summed E-state index contributed by atoms with van der Waals surface area (Å²) in [5.41, 5.74) is 4.61. The van der Waals surface area contributed by atoms with Gasteiger partial charge in [0.15, 0.2) is 0 Å². The normalized spacial score (nSPS) is 12.1. The van der Waals surface area contributed by atoms with Crippen molar-refractivity contribution in [1.29, 1.82) is 0 Å². The van der Waals surface area contributed by atoms with E-state index in [1.165, 1.54) is 18.2 Å². The number of rotatable bonds is 3. The first-order valence-corrected chi connectivity index (χ1v) is 8.05. The third-order valence-electron chi connectivity index (χ3n) is 3.56. The second-order valence-electron chi connectivity index (χ2n) is 5.67. The zero-order chi connectivity index (χ0) is 21.4. The summed E-state index contributed by atoms with van der Waals surface area (Å²) >= 11 is 5.80. The summed E-state index contributed by atoms with van der Waals surface area (Å²) < 4.78 is 80.0. The Morgan fingerprint density at radius 3 is 2.07 bits per heavy atom. The molecule has 0 unspecified atom stereocenters. The van der Waals surface area contributed by atoms with Crippen LogP contribution < -0.4 is 10.5 Å². The van der Waals surface area contributed by atoms with Crippen LogP contribution in [0, 0.1) is 0 Å². The van der Waals surface area contributed by atoms with Crippen molar-refractivity contribution in [2.75, 3.05) is 5.73 Å². The van der Waals surface area contributed by atoms with Gasteiger partial charge in [-0.3, -0.25) is 0 Å². The van der Waals surface area contributed by atoms with Crippen LogP contribution in [-0.4, -0.2) is 21.5 Å². The van der Waals surface area contributed by atoms with E-state index in [0.717, 1.165) is 24.3 Å². The van der Waals surface area contributed by atoms with Crippen molar-refractivity contribution in [3.05, 3.63) is 53.1 Å². The fourth-order valence-corrected chi connectivity index (χ4v) is 2.67. The maximum Gasteiger partial charge on any atom is 0.573 e. The third-order valence-corrected chi connectivity index (χ3v) is 3.78. The molecule has 0 atom stereocenters. The number of hydrogen-bond donors (Lipinski definition) is 1. The van der Waals surface area contributed by atoms with Gasteiger partial charge in [0.25, 0.3) is 0 Å². The lowest BCUT2D eigenvalue weighted by atomic mass is 10.0. The number of halogens is 7. The summed E-state index contributed by atoms with van der Waals surface area (Å²) in [5.74, 6) is -0.766. The van der Waals surface area contributed by atoms with Gasteiger partial charge in [0.2, 0.25) is 5.95 Å². The van der Waals surface area contributed by atoms with Crippen LogP contribution >= 0.6 is 11.6 Å². The fraction of sp³-hybridized carbons (Fsp3) is 0.118. The Morgan fingerprint density at radius 1 is 0.828 bits per heavy atom. The molecule has 0 bridgehead atoms. The number of nitrogens with zero attached hydrogens (tertiary/aromatic N) is 3. The number of ether oxygens (including phenoxy) is 1. The first-order valence-electron chi connectivity index (χ1n) is 7.67. The molecule has 3 aromatic rings. The Hall–Kier alpha value is -3.08. The quantitative estimate of drug-likeness (QED) is 0.562. The lowest BCUT2D eigenvalue weighted by Gasteiger charge is -2.13. The molecule has 152 valence electrons. The van der Waals surface area contributed by atoms with E-state index in [-0.39, 0.29) is 33.5 Å². The van der Waals surface area contributed by atoms with Crippen molar-refractivity contribution in [2.24, 2.45) is 0 Å². The van der Waals surface area contributed by atoms with Gasteiger partial charge in [0.05, 0.1) is 5.56 Å². The molecule has 0 fully saturated rings.